The summed E-state index contributed by atoms with van der Waals surface area (Å²) in [6.45, 7) is 0. The van der Waals surface area contributed by atoms with Crippen LogP contribution in [-0.4, -0.2) is 27.8 Å². The van der Waals surface area contributed by atoms with Gasteiger partial charge in [-0.15, -0.1) is 0 Å². The van der Waals surface area contributed by atoms with E-state index >= 15 is 0 Å². The summed E-state index contributed by atoms with van der Waals surface area (Å²) in [5.41, 5.74) is 0.889. The number of carbonyl (C=O) groups excluding carboxylic acids is 3. The van der Waals surface area contributed by atoms with Crippen LogP contribution in [0.3, 0.4) is 0 Å². The van der Waals surface area contributed by atoms with Crippen LogP contribution in [0.15, 0.2) is 53.3 Å². The van der Waals surface area contributed by atoms with E-state index in [2.05, 4.69) is 4.98 Å². The first-order valence-corrected chi connectivity index (χ1v) is 6.68. The number of aromatic nitrogens is 1. The van der Waals surface area contributed by atoms with Gasteiger partial charge in [0, 0.05) is 11.6 Å². The van der Waals surface area contributed by atoms with Gasteiger partial charge in [-0.05, 0) is 24.3 Å². The quantitative estimate of drug-likeness (QED) is 0.674. The highest BCUT2D eigenvalue weighted by atomic mass is 16.7. The SMILES string of the molecule is O=C(ON1C(=O)c2ccccc2C1=O)c1cnc2occc2c1. The monoisotopic (exact) mass is 308 g/mol. The van der Waals surface area contributed by atoms with Crippen molar-refractivity contribution in [2.75, 3.05) is 0 Å². The molecule has 3 heterocycles. The van der Waals surface area contributed by atoms with Crippen LogP contribution in [-0.2, 0) is 4.84 Å². The van der Waals surface area contributed by atoms with Crippen LogP contribution in [0.5, 0.6) is 0 Å². The Hall–Kier alpha value is -3.48. The molecule has 7 nitrogen and oxygen atoms in total. The van der Waals surface area contributed by atoms with Gasteiger partial charge in [-0.3, -0.25) is 9.59 Å². The second kappa shape index (κ2) is 4.77. The Labute approximate surface area is 129 Å². The van der Waals surface area contributed by atoms with Crippen LogP contribution >= 0.6 is 0 Å². The van der Waals surface area contributed by atoms with Gasteiger partial charge < -0.3 is 9.25 Å². The van der Waals surface area contributed by atoms with E-state index in [9.17, 15) is 14.4 Å². The maximum absolute atomic E-state index is 12.2. The molecular formula is C16H8N2O5. The molecule has 0 saturated heterocycles. The summed E-state index contributed by atoms with van der Waals surface area (Å²) in [6.07, 6.45) is 2.70. The summed E-state index contributed by atoms with van der Waals surface area (Å²) in [6, 6.07) is 9.41. The number of hydrogen-bond donors (Lipinski definition) is 0. The number of nitrogens with zero attached hydrogens (tertiary/aromatic N) is 2. The molecular weight excluding hydrogens is 300 g/mol. The zero-order chi connectivity index (χ0) is 16.0. The lowest BCUT2D eigenvalue weighted by Gasteiger charge is -2.12. The number of hydrogen-bond acceptors (Lipinski definition) is 6. The molecule has 112 valence electrons. The van der Waals surface area contributed by atoms with Crippen molar-refractivity contribution in [2.24, 2.45) is 0 Å². The summed E-state index contributed by atoms with van der Waals surface area (Å²) in [7, 11) is 0. The Morgan fingerprint density at radius 3 is 2.48 bits per heavy atom. The minimum absolute atomic E-state index is 0.107. The lowest BCUT2D eigenvalue weighted by molar-refractivity contribution is -0.0584. The number of pyridine rings is 1. The van der Waals surface area contributed by atoms with Gasteiger partial charge in [0.1, 0.15) is 0 Å². The van der Waals surface area contributed by atoms with Crippen molar-refractivity contribution in [1.29, 1.82) is 0 Å². The molecule has 4 rings (SSSR count). The second-order valence-electron chi connectivity index (χ2n) is 4.87. The molecule has 2 aromatic heterocycles. The first-order chi connectivity index (χ1) is 11.1. The van der Waals surface area contributed by atoms with Crippen molar-refractivity contribution in [3.63, 3.8) is 0 Å². The van der Waals surface area contributed by atoms with E-state index in [-0.39, 0.29) is 16.7 Å². The number of rotatable bonds is 2. The number of hydroxylamine groups is 2. The van der Waals surface area contributed by atoms with Crippen molar-refractivity contribution < 1.29 is 23.6 Å². The molecule has 0 unspecified atom stereocenters. The summed E-state index contributed by atoms with van der Waals surface area (Å²) in [4.78, 5) is 45.4. The molecule has 1 aromatic carbocycles. The van der Waals surface area contributed by atoms with Crippen LogP contribution < -0.4 is 0 Å². The summed E-state index contributed by atoms with van der Waals surface area (Å²) < 4.78 is 5.08. The fourth-order valence-corrected chi connectivity index (χ4v) is 2.36. The van der Waals surface area contributed by atoms with Gasteiger partial charge in [0.2, 0.25) is 5.71 Å². The molecule has 0 bridgehead atoms. The first-order valence-electron chi connectivity index (χ1n) is 6.68. The fraction of sp³-hybridized carbons (Fsp3) is 0. The van der Waals surface area contributed by atoms with Crippen LogP contribution in [0.4, 0.5) is 0 Å². The van der Waals surface area contributed by atoms with Crippen LogP contribution in [0.25, 0.3) is 11.1 Å². The Morgan fingerprint density at radius 2 is 1.78 bits per heavy atom. The van der Waals surface area contributed by atoms with E-state index in [4.69, 9.17) is 9.25 Å². The third kappa shape index (κ3) is 1.98. The van der Waals surface area contributed by atoms with Crippen molar-refractivity contribution in [3.05, 3.63) is 65.5 Å². The van der Waals surface area contributed by atoms with Gasteiger partial charge >= 0.3 is 5.97 Å². The van der Waals surface area contributed by atoms with Crippen LogP contribution in [0.1, 0.15) is 31.1 Å². The number of furan rings is 1. The van der Waals surface area contributed by atoms with E-state index in [1.165, 1.54) is 30.7 Å². The van der Waals surface area contributed by atoms with Gasteiger partial charge in [-0.25, -0.2) is 9.78 Å². The highest BCUT2D eigenvalue weighted by molar-refractivity contribution is 6.21. The molecule has 7 heteroatoms. The van der Waals surface area contributed by atoms with E-state index in [0.717, 1.165) is 0 Å². The molecule has 0 saturated carbocycles. The fourth-order valence-electron chi connectivity index (χ4n) is 2.36. The molecule has 2 amide bonds. The van der Waals surface area contributed by atoms with E-state index < -0.39 is 17.8 Å². The maximum atomic E-state index is 12.2. The Kier molecular flexibility index (Phi) is 2.74. The first kappa shape index (κ1) is 13.2. The average molecular weight is 308 g/mol. The standard InChI is InChI=1S/C16H8N2O5/c19-14-11-3-1-2-4-12(11)15(20)18(14)23-16(21)10-7-9-5-6-22-13(9)17-8-10/h1-8H. The van der Waals surface area contributed by atoms with Crippen LogP contribution in [0, 0.1) is 0 Å². The lowest BCUT2D eigenvalue weighted by Crippen LogP contribution is -2.32. The zero-order valence-electron chi connectivity index (χ0n) is 11.6. The largest absolute Gasteiger partial charge is 0.446 e. The summed E-state index contributed by atoms with van der Waals surface area (Å²) >= 11 is 0. The second-order valence-corrected chi connectivity index (χ2v) is 4.87. The average Bonchev–Trinajstić information content (AvgIpc) is 3.13. The molecule has 0 spiro atoms. The molecule has 0 N–H and O–H groups in total. The van der Waals surface area contributed by atoms with Gasteiger partial charge in [0.25, 0.3) is 11.8 Å². The molecule has 3 aromatic rings. The Balaban J connectivity index is 1.62. The number of fused-ring (bicyclic) bond motifs is 2. The summed E-state index contributed by atoms with van der Waals surface area (Å²) in [5.74, 6) is -2.19. The predicted octanol–water partition coefficient (Wildman–Crippen LogP) is 2.20. The molecule has 1 aliphatic rings. The molecule has 23 heavy (non-hydrogen) atoms. The highest BCUT2D eigenvalue weighted by Gasteiger charge is 2.38. The number of carbonyl (C=O) groups is 3. The molecule has 0 radical (unpaired) electrons. The maximum Gasteiger partial charge on any atom is 0.365 e. The van der Waals surface area contributed by atoms with Gasteiger partial charge in [-0.1, -0.05) is 17.2 Å². The van der Waals surface area contributed by atoms with E-state index in [1.807, 2.05) is 0 Å². The third-order valence-electron chi connectivity index (χ3n) is 3.47. The predicted molar refractivity (Wildman–Crippen MR) is 76.4 cm³/mol. The summed E-state index contributed by atoms with van der Waals surface area (Å²) in [5, 5.41) is 1.08. The minimum atomic E-state index is -0.852. The van der Waals surface area contributed by atoms with Gasteiger partial charge in [0.15, 0.2) is 0 Å². The normalized spacial score (nSPS) is 13.5. The topological polar surface area (TPSA) is 89.7 Å². The molecule has 0 fully saturated rings. The van der Waals surface area contributed by atoms with Crippen molar-refractivity contribution in [1.82, 2.24) is 10.0 Å². The molecule has 0 atom stereocenters. The Bertz CT molecular complexity index is 940. The zero-order valence-corrected chi connectivity index (χ0v) is 11.6. The number of imide groups is 1. The van der Waals surface area contributed by atoms with E-state index in [1.54, 1.807) is 18.2 Å². The Morgan fingerprint density at radius 1 is 1.09 bits per heavy atom. The number of amides is 2. The van der Waals surface area contributed by atoms with E-state index in [0.29, 0.717) is 16.2 Å². The van der Waals surface area contributed by atoms with Crippen molar-refractivity contribution >= 4 is 28.9 Å². The number of benzene rings is 1. The third-order valence-corrected chi connectivity index (χ3v) is 3.47. The molecule has 0 aliphatic carbocycles. The van der Waals surface area contributed by atoms with Crippen molar-refractivity contribution in [3.8, 4) is 0 Å². The van der Waals surface area contributed by atoms with Gasteiger partial charge in [-0.2, -0.15) is 0 Å². The van der Waals surface area contributed by atoms with Gasteiger partial charge in [0.05, 0.1) is 23.0 Å². The van der Waals surface area contributed by atoms with Crippen LogP contribution in [0.2, 0.25) is 0 Å². The smallest absolute Gasteiger partial charge is 0.365 e. The van der Waals surface area contributed by atoms with Crippen molar-refractivity contribution in [2.45, 2.75) is 0 Å². The minimum Gasteiger partial charge on any atom is -0.446 e. The lowest BCUT2D eigenvalue weighted by atomic mass is 10.1. The highest BCUT2D eigenvalue weighted by Crippen LogP contribution is 2.23. The molecule has 1 aliphatic heterocycles.